The first-order valence-electron chi connectivity index (χ1n) is 7.37. The molecule has 0 amide bonds. The van der Waals surface area contributed by atoms with Gasteiger partial charge < -0.3 is 10.1 Å². The van der Waals surface area contributed by atoms with Crippen LogP contribution in [-0.4, -0.2) is 19.2 Å². The highest BCUT2D eigenvalue weighted by atomic mass is 19.4. The van der Waals surface area contributed by atoms with E-state index < -0.39 is 11.7 Å². The maximum Gasteiger partial charge on any atom is 0.416 e. The van der Waals surface area contributed by atoms with Gasteiger partial charge in [-0.3, -0.25) is 0 Å². The Morgan fingerprint density at radius 1 is 1.10 bits per heavy atom. The van der Waals surface area contributed by atoms with Crippen LogP contribution in [0.25, 0.3) is 0 Å². The van der Waals surface area contributed by atoms with Crippen molar-refractivity contribution in [3.63, 3.8) is 0 Å². The predicted molar refractivity (Wildman–Crippen MR) is 78.5 cm³/mol. The monoisotopic (exact) mass is 303 g/mol. The fraction of sp³-hybridized carbons (Fsp3) is 0.625. The Balaban J connectivity index is 2.58. The number of hydrogen-bond donors (Lipinski definition) is 1. The standard InChI is InChI=1S/C16H24F3NO/c1-4-5-15(11-20-10-12(2)3)21-14-8-6-13(7-9-14)16(17,18)19/h6-9,12,15,20H,4-5,10-11H2,1-3H3. The molecule has 1 N–H and O–H groups in total. The topological polar surface area (TPSA) is 21.3 Å². The van der Waals surface area contributed by atoms with Gasteiger partial charge in [0.05, 0.1) is 5.56 Å². The molecular formula is C16H24F3NO. The van der Waals surface area contributed by atoms with Crippen LogP contribution >= 0.6 is 0 Å². The van der Waals surface area contributed by atoms with Crippen molar-refractivity contribution < 1.29 is 17.9 Å². The van der Waals surface area contributed by atoms with E-state index in [0.29, 0.717) is 18.2 Å². The molecule has 0 aliphatic carbocycles. The van der Waals surface area contributed by atoms with Gasteiger partial charge >= 0.3 is 6.18 Å². The summed E-state index contributed by atoms with van der Waals surface area (Å²) in [4.78, 5) is 0. The lowest BCUT2D eigenvalue weighted by molar-refractivity contribution is -0.137. The molecule has 21 heavy (non-hydrogen) atoms. The Bertz CT molecular complexity index is 401. The van der Waals surface area contributed by atoms with Crippen LogP contribution in [0.1, 0.15) is 39.2 Å². The molecule has 1 aromatic carbocycles. The highest BCUT2D eigenvalue weighted by molar-refractivity contribution is 5.29. The largest absolute Gasteiger partial charge is 0.489 e. The second-order valence-corrected chi connectivity index (χ2v) is 5.60. The fourth-order valence-corrected chi connectivity index (χ4v) is 1.97. The molecule has 1 rings (SSSR count). The van der Waals surface area contributed by atoms with Gasteiger partial charge in [-0.25, -0.2) is 0 Å². The molecule has 120 valence electrons. The Morgan fingerprint density at radius 2 is 1.71 bits per heavy atom. The molecule has 0 aliphatic rings. The maximum absolute atomic E-state index is 12.5. The third-order valence-corrected chi connectivity index (χ3v) is 3.02. The minimum Gasteiger partial charge on any atom is -0.489 e. The Morgan fingerprint density at radius 3 is 2.19 bits per heavy atom. The first-order chi connectivity index (χ1) is 9.82. The molecular weight excluding hydrogens is 279 g/mol. The molecule has 2 nitrogen and oxygen atoms in total. The molecule has 0 fully saturated rings. The van der Waals surface area contributed by atoms with Gasteiger partial charge in [0, 0.05) is 6.54 Å². The smallest absolute Gasteiger partial charge is 0.416 e. The van der Waals surface area contributed by atoms with Gasteiger partial charge in [-0.05, 0) is 43.1 Å². The normalized spacial score (nSPS) is 13.5. The fourth-order valence-electron chi connectivity index (χ4n) is 1.97. The molecule has 1 aromatic rings. The number of nitrogens with one attached hydrogen (secondary N) is 1. The van der Waals surface area contributed by atoms with Gasteiger partial charge in [0.15, 0.2) is 0 Å². The Kier molecular flexibility index (Phi) is 7.02. The number of halogens is 3. The highest BCUT2D eigenvalue weighted by Gasteiger charge is 2.30. The van der Waals surface area contributed by atoms with E-state index in [2.05, 4.69) is 26.1 Å². The second kappa shape index (κ2) is 8.27. The summed E-state index contributed by atoms with van der Waals surface area (Å²) in [5.74, 6) is 1.03. The summed E-state index contributed by atoms with van der Waals surface area (Å²) in [6, 6.07) is 4.88. The van der Waals surface area contributed by atoms with Gasteiger partial charge in [0.25, 0.3) is 0 Å². The van der Waals surface area contributed by atoms with Gasteiger partial charge in [-0.15, -0.1) is 0 Å². The summed E-state index contributed by atoms with van der Waals surface area (Å²) in [5.41, 5.74) is -0.653. The molecule has 0 radical (unpaired) electrons. The Hall–Kier alpha value is -1.23. The zero-order chi connectivity index (χ0) is 15.9. The van der Waals surface area contributed by atoms with E-state index in [1.165, 1.54) is 12.1 Å². The van der Waals surface area contributed by atoms with Crippen molar-refractivity contribution in [2.75, 3.05) is 13.1 Å². The van der Waals surface area contributed by atoms with Crippen molar-refractivity contribution in [2.24, 2.45) is 5.92 Å². The van der Waals surface area contributed by atoms with Crippen LogP contribution in [0.15, 0.2) is 24.3 Å². The highest BCUT2D eigenvalue weighted by Crippen LogP contribution is 2.30. The first kappa shape index (κ1) is 17.8. The van der Waals surface area contributed by atoms with Gasteiger partial charge in [-0.2, -0.15) is 13.2 Å². The van der Waals surface area contributed by atoms with Crippen LogP contribution in [0.4, 0.5) is 13.2 Å². The molecule has 0 spiro atoms. The first-order valence-corrected chi connectivity index (χ1v) is 7.37. The third-order valence-electron chi connectivity index (χ3n) is 3.02. The zero-order valence-corrected chi connectivity index (χ0v) is 12.8. The zero-order valence-electron chi connectivity index (χ0n) is 12.8. The average molecular weight is 303 g/mol. The third kappa shape index (κ3) is 6.85. The lowest BCUT2D eigenvalue weighted by atomic mass is 10.1. The number of rotatable bonds is 8. The van der Waals surface area contributed by atoms with Crippen LogP contribution < -0.4 is 10.1 Å². The van der Waals surface area contributed by atoms with E-state index in [0.717, 1.165) is 31.5 Å². The second-order valence-electron chi connectivity index (χ2n) is 5.60. The molecule has 0 saturated carbocycles. The van der Waals surface area contributed by atoms with Crippen molar-refractivity contribution in [1.82, 2.24) is 5.32 Å². The van der Waals surface area contributed by atoms with Crippen LogP contribution in [0.5, 0.6) is 5.75 Å². The van der Waals surface area contributed by atoms with Crippen LogP contribution in [0.3, 0.4) is 0 Å². The van der Waals surface area contributed by atoms with Gasteiger partial charge in [0.1, 0.15) is 11.9 Å². The van der Waals surface area contributed by atoms with E-state index in [4.69, 9.17) is 4.74 Å². The molecule has 5 heteroatoms. The van der Waals surface area contributed by atoms with Crippen LogP contribution in [0, 0.1) is 5.92 Å². The summed E-state index contributed by atoms with van der Waals surface area (Å²) in [5, 5.41) is 3.32. The van der Waals surface area contributed by atoms with Crippen LogP contribution in [0.2, 0.25) is 0 Å². The molecule has 0 bridgehead atoms. The quantitative estimate of drug-likeness (QED) is 0.763. The number of ether oxygens (including phenoxy) is 1. The van der Waals surface area contributed by atoms with Crippen LogP contribution in [-0.2, 0) is 6.18 Å². The van der Waals surface area contributed by atoms with Gasteiger partial charge in [-0.1, -0.05) is 27.2 Å². The molecule has 0 heterocycles. The van der Waals surface area contributed by atoms with Crippen molar-refractivity contribution in [3.8, 4) is 5.75 Å². The van der Waals surface area contributed by atoms with E-state index in [9.17, 15) is 13.2 Å². The number of hydrogen-bond acceptors (Lipinski definition) is 2. The van der Waals surface area contributed by atoms with E-state index in [-0.39, 0.29) is 6.10 Å². The van der Waals surface area contributed by atoms with E-state index >= 15 is 0 Å². The minimum atomic E-state index is -4.31. The molecule has 1 atom stereocenters. The summed E-state index contributed by atoms with van der Waals surface area (Å²) in [6.07, 6.45) is -2.49. The molecule has 0 aliphatic heterocycles. The lowest BCUT2D eigenvalue weighted by Gasteiger charge is -2.20. The number of alkyl halides is 3. The van der Waals surface area contributed by atoms with Crippen molar-refractivity contribution >= 4 is 0 Å². The summed E-state index contributed by atoms with van der Waals surface area (Å²) < 4.78 is 43.3. The number of benzene rings is 1. The summed E-state index contributed by atoms with van der Waals surface area (Å²) >= 11 is 0. The molecule has 0 aromatic heterocycles. The molecule has 0 saturated heterocycles. The van der Waals surface area contributed by atoms with Gasteiger partial charge in [0.2, 0.25) is 0 Å². The minimum absolute atomic E-state index is 0.0227. The van der Waals surface area contributed by atoms with E-state index in [1.807, 2.05) is 0 Å². The summed E-state index contributed by atoms with van der Waals surface area (Å²) in [6.45, 7) is 7.91. The predicted octanol–water partition coefficient (Wildman–Crippen LogP) is 4.50. The average Bonchev–Trinajstić information content (AvgIpc) is 2.38. The van der Waals surface area contributed by atoms with Crippen molar-refractivity contribution in [2.45, 2.75) is 45.9 Å². The SMILES string of the molecule is CCCC(CNCC(C)C)Oc1ccc(C(F)(F)F)cc1. The maximum atomic E-state index is 12.5. The summed E-state index contributed by atoms with van der Waals surface area (Å²) in [7, 11) is 0. The van der Waals surface area contributed by atoms with E-state index in [1.54, 1.807) is 0 Å². The Labute approximate surface area is 124 Å². The lowest BCUT2D eigenvalue weighted by Crippen LogP contribution is -2.33. The van der Waals surface area contributed by atoms with Crippen molar-refractivity contribution in [1.29, 1.82) is 0 Å². The van der Waals surface area contributed by atoms with Crippen molar-refractivity contribution in [3.05, 3.63) is 29.8 Å². The molecule has 1 unspecified atom stereocenters.